The lowest BCUT2D eigenvalue weighted by Gasteiger charge is -1.94. The van der Waals surface area contributed by atoms with E-state index in [4.69, 9.17) is 0 Å². The van der Waals surface area contributed by atoms with Crippen molar-refractivity contribution in [3.63, 3.8) is 0 Å². The Labute approximate surface area is 56.8 Å². The molecule has 1 N–H and O–H groups in total. The van der Waals surface area contributed by atoms with E-state index in [1.807, 2.05) is 6.92 Å². The molecule has 0 aromatic carbocycles. The summed E-state index contributed by atoms with van der Waals surface area (Å²) in [5.74, 6) is 6.80. The Morgan fingerprint density at radius 2 is 2.33 bits per heavy atom. The molecule has 1 rings (SSSR count). The third-order valence-corrected chi connectivity index (χ3v) is 1.52. The van der Waals surface area contributed by atoms with Crippen molar-refractivity contribution >= 4 is 0 Å². The highest BCUT2D eigenvalue weighted by Crippen LogP contribution is 2.27. The normalized spacial score (nSPS) is 16.6. The third-order valence-electron chi connectivity index (χ3n) is 1.52. The van der Waals surface area contributed by atoms with E-state index in [2.05, 4.69) is 17.2 Å². The fraction of sp³-hybridized carbons (Fsp3) is 0.750. The molecule has 0 saturated heterocycles. The van der Waals surface area contributed by atoms with Crippen LogP contribution in [0.25, 0.3) is 0 Å². The lowest BCUT2D eigenvalue weighted by molar-refractivity contribution is 0.689. The van der Waals surface area contributed by atoms with Gasteiger partial charge in [-0.05, 0) is 32.2 Å². The molecule has 1 nitrogen and oxygen atoms in total. The fourth-order valence-electron chi connectivity index (χ4n) is 0.749. The van der Waals surface area contributed by atoms with Gasteiger partial charge in [0, 0.05) is 0 Å². The molecule has 0 aliphatic heterocycles. The molecular weight excluding hydrogens is 110 g/mol. The van der Waals surface area contributed by atoms with Crippen LogP contribution in [0.5, 0.6) is 0 Å². The molecule has 1 aliphatic rings. The van der Waals surface area contributed by atoms with E-state index in [0.29, 0.717) is 0 Å². The van der Waals surface area contributed by atoms with Gasteiger partial charge in [-0.2, -0.15) is 0 Å². The van der Waals surface area contributed by atoms with Crippen molar-refractivity contribution in [3.8, 4) is 11.8 Å². The Balaban J connectivity index is 1.84. The SMILES string of the molecule is CC#CCNCC1CC1. The predicted molar refractivity (Wildman–Crippen MR) is 39.0 cm³/mol. The summed E-state index contributed by atoms with van der Waals surface area (Å²) >= 11 is 0. The van der Waals surface area contributed by atoms with Crippen LogP contribution in [0, 0.1) is 17.8 Å². The highest BCUT2D eigenvalue weighted by Gasteiger charge is 2.19. The lowest BCUT2D eigenvalue weighted by atomic mass is 10.4. The second-order valence-electron chi connectivity index (χ2n) is 2.50. The van der Waals surface area contributed by atoms with E-state index in [1.54, 1.807) is 0 Å². The van der Waals surface area contributed by atoms with Crippen molar-refractivity contribution in [1.29, 1.82) is 0 Å². The lowest BCUT2D eigenvalue weighted by Crippen LogP contribution is -2.16. The third kappa shape index (κ3) is 3.16. The van der Waals surface area contributed by atoms with E-state index in [0.717, 1.165) is 12.5 Å². The van der Waals surface area contributed by atoms with Crippen molar-refractivity contribution in [3.05, 3.63) is 0 Å². The van der Waals surface area contributed by atoms with Crippen LogP contribution in [0.2, 0.25) is 0 Å². The predicted octanol–water partition coefficient (Wildman–Crippen LogP) is 1.01. The quantitative estimate of drug-likeness (QED) is 0.436. The van der Waals surface area contributed by atoms with Crippen LogP contribution < -0.4 is 5.32 Å². The molecular formula is C8H13N. The second-order valence-corrected chi connectivity index (χ2v) is 2.50. The Morgan fingerprint density at radius 1 is 1.56 bits per heavy atom. The summed E-state index contributed by atoms with van der Waals surface area (Å²) in [7, 11) is 0. The van der Waals surface area contributed by atoms with Crippen molar-refractivity contribution < 1.29 is 0 Å². The maximum Gasteiger partial charge on any atom is 0.0576 e. The molecule has 0 heterocycles. The van der Waals surface area contributed by atoms with E-state index < -0.39 is 0 Å². The van der Waals surface area contributed by atoms with Crippen LogP contribution in [-0.2, 0) is 0 Å². The minimum absolute atomic E-state index is 0.868. The largest absolute Gasteiger partial charge is 0.306 e. The number of hydrogen-bond donors (Lipinski definition) is 1. The first-order chi connectivity index (χ1) is 4.43. The van der Waals surface area contributed by atoms with Gasteiger partial charge in [0.05, 0.1) is 6.54 Å². The summed E-state index contributed by atoms with van der Waals surface area (Å²) in [4.78, 5) is 0. The standard InChI is InChI=1S/C8H13N/c1-2-3-6-9-7-8-4-5-8/h8-9H,4-7H2,1H3. The second kappa shape index (κ2) is 3.53. The molecule has 0 unspecified atom stereocenters. The van der Waals surface area contributed by atoms with Crippen LogP contribution in [0.3, 0.4) is 0 Å². The monoisotopic (exact) mass is 123 g/mol. The zero-order valence-electron chi connectivity index (χ0n) is 5.91. The Morgan fingerprint density at radius 3 is 2.89 bits per heavy atom. The average molecular weight is 123 g/mol. The van der Waals surface area contributed by atoms with E-state index in [1.165, 1.54) is 19.4 Å². The van der Waals surface area contributed by atoms with Gasteiger partial charge in [0.25, 0.3) is 0 Å². The molecule has 50 valence electrons. The summed E-state index contributed by atoms with van der Waals surface area (Å²) < 4.78 is 0. The maximum atomic E-state index is 3.27. The summed E-state index contributed by atoms with van der Waals surface area (Å²) in [6, 6.07) is 0. The van der Waals surface area contributed by atoms with Crippen molar-refractivity contribution in [2.45, 2.75) is 19.8 Å². The molecule has 0 bridgehead atoms. The molecule has 9 heavy (non-hydrogen) atoms. The number of hydrogen-bond acceptors (Lipinski definition) is 1. The first-order valence-electron chi connectivity index (χ1n) is 3.54. The molecule has 0 radical (unpaired) electrons. The molecule has 1 saturated carbocycles. The van der Waals surface area contributed by atoms with Gasteiger partial charge in [-0.15, -0.1) is 5.92 Å². The van der Waals surface area contributed by atoms with Crippen LogP contribution in [0.1, 0.15) is 19.8 Å². The number of nitrogens with one attached hydrogen (secondary N) is 1. The van der Waals surface area contributed by atoms with Crippen molar-refractivity contribution in [2.75, 3.05) is 13.1 Å². The molecule has 0 aromatic rings. The van der Waals surface area contributed by atoms with Crippen LogP contribution in [0.4, 0.5) is 0 Å². The van der Waals surface area contributed by atoms with Gasteiger partial charge in [-0.25, -0.2) is 0 Å². The molecule has 0 spiro atoms. The van der Waals surface area contributed by atoms with Crippen LogP contribution in [0.15, 0.2) is 0 Å². The molecule has 0 aromatic heterocycles. The van der Waals surface area contributed by atoms with Gasteiger partial charge in [0.2, 0.25) is 0 Å². The van der Waals surface area contributed by atoms with E-state index in [-0.39, 0.29) is 0 Å². The fourth-order valence-corrected chi connectivity index (χ4v) is 0.749. The molecule has 1 fully saturated rings. The molecule has 0 amide bonds. The van der Waals surface area contributed by atoms with Crippen molar-refractivity contribution in [2.24, 2.45) is 5.92 Å². The van der Waals surface area contributed by atoms with Gasteiger partial charge in [0.15, 0.2) is 0 Å². The first kappa shape index (κ1) is 6.64. The van der Waals surface area contributed by atoms with Gasteiger partial charge in [-0.1, -0.05) is 5.92 Å². The molecule has 1 aliphatic carbocycles. The van der Waals surface area contributed by atoms with Gasteiger partial charge < -0.3 is 5.32 Å². The summed E-state index contributed by atoms with van der Waals surface area (Å²) in [6.45, 7) is 3.92. The van der Waals surface area contributed by atoms with Gasteiger partial charge in [-0.3, -0.25) is 0 Å². The Bertz CT molecular complexity index is 125. The first-order valence-corrected chi connectivity index (χ1v) is 3.54. The highest BCUT2D eigenvalue weighted by molar-refractivity contribution is 4.97. The van der Waals surface area contributed by atoms with E-state index in [9.17, 15) is 0 Å². The van der Waals surface area contributed by atoms with Crippen LogP contribution >= 0.6 is 0 Å². The highest BCUT2D eigenvalue weighted by atomic mass is 14.9. The summed E-state index contributed by atoms with van der Waals surface area (Å²) in [5, 5.41) is 3.27. The topological polar surface area (TPSA) is 12.0 Å². The Hall–Kier alpha value is -0.480. The van der Waals surface area contributed by atoms with Crippen LogP contribution in [-0.4, -0.2) is 13.1 Å². The summed E-state index contributed by atoms with van der Waals surface area (Å²) in [6.07, 6.45) is 2.85. The number of rotatable bonds is 3. The summed E-state index contributed by atoms with van der Waals surface area (Å²) in [5.41, 5.74) is 0. The zero-order valence-corrected chi connectivity index (χ0v) is 5.91. The zero-order chi connectivity index (χ0) is 6.53. The average Bonchev–Trinajstić information content (AvgIpc) is 2.63. The van der Waals surface area contributed by atoms with Crippen molar-refractivity contribution in [1.82, 2.24) is 5.32 Å². The Kier molecular flexibility index (Phi) is 2.60. The van der Waals surface area contributed by atoms with E-state index >= 15 is 0 Å². The molecule has 0 atom stereocenters. The maximum absolute atomic E-state index is 3.27. The minimum Gasteiger partial charge on any atom is -0.306 e. The van der Waals surface area contributed by atoms with Gasteiger partial charge in [0.1, 0.15) is 0 Å². The smallest absolute Gasteiger partial charge is 0.0576 e. The van der Waals surface area contributed by atoms with Gasteiger partial charge >= 0.3 is 0 Å². The minimum atomic E-state index is 0.868. The molecule has 1 heteroatoms.